The summed E-state index contributed by atoms with van der Waals surface area (Å²) in [6.07, 6.45) is 0.818. The van der Waals surface area contributed by atoms with E-state index in [1.807, 2.05) is 40.1 Å². The summed E-state index contributed by atoms with van der Waals surface area (Å²) in [5.41, 5.74) is 1.25. The lowest BCUT2D eigenvalue weighted by Gasteiger charge is -2.20. The molecule has 3 rings (SSSR count). The number of ether oxygens (including phenoxy) is 2. The lowest BCUT2D eigenvalue weighted by molar-refractivity contribution is 0.0984. The second-order valence-electron chi connectivity index (χ2n) is 7.08. The zero-order valence-corrected chi connectivity index (χ0v) is 18.6. The molecule has 0 aliphatic carbocycles. The number of thiazole rings is 1. The summed E-state index contributed by atoms with van der Waals surface area (Å²) in [7, 11) is 7.27. The van der Waals surface area contributed by atoms with Crippen LogP contribution in [0.1, 0.15) is 28.3 Å². The lowest BCUT2D eigenvalue weighted by atomic mass is 10.2. The average Bonchev–Trinajstić information content (AvgIpc) is 3.26. The third kappa shape index (κ3) is 4.38. The normalized spacial score (nSPS) is 11.3. The van der Waals surface area contributed by atoms with Crippen LogP contribution in [0.25, 0.3) is 10.2 Å². The Bertz CT molecular complexity index is 968. The van der Waals surface area contributed by atoms with Gasteiger partial charge in [-0.15, -0.1) is 0 Å². The summed E-state index contributed by atoms with van der Waals surface area (Å²) in [5.74, 6) is 2.57. The molecule has 0 unspecified atom stereocenters. The average molecular weight is 418 g/mol. The number of anilines is 1. The van der Waals surface area contributed by atoms with Crippen LogP contribution in [0.3, 0.4) is 0 Å². The number of carbonyl (C=O) groups excluding carboxylic acids is 1. The van der Waals surface area contributed by atoms with Crippen molar-refractivity contribution in [1.29, 1.82) is 0 Å². The highest BCUT2D eigenvalue weighted by Crippen LogP contribution is 2.40. The van der Waals surface area contributed by atoms with Crippen LogP contribution in [0, 0.1) is 13.8 Å². The van der Waals surface area contributed by atoms with E-state index >= 15 is 0 Å². The quantitative estimate of drug-likeness (QED) is 0.549. The maximum absolute atomic E-state index is 13.4. The summed E-state index contributed by atoms with van der Waals surface area (Å²) < 4.78 is 17.4. The molecule has 3 aromatic rings. The van der Waals surface area contributed by atoms with Crippen LogP contribution in [0.15, 0.2) is 22.6 Å². The minimum Gasteiger partial charge on any atom is -0.495 e. The molecule has 0 radical (unpaired) electrons. The Morgan fingerprint density at radius 1 is 1.14 bits per heavy atom. The van der Waals surface area contributed by atoms with E-state index in [4.69, 9.17) is 18.9 Å². The number of methoxy groups -OCH3 is 2. The molecule has 0 spiro atoms. The zero-order chi connectivity index (χ0) is 21.1. The second-order valence-corrected chi connectivity index (χ2v) is 8.06. The van der Waals surface area contributed by atoms with Crippen LogP contribution in [0.2, 0.25) is 0 Å². The Hall–Kier alpha value is -2.58. The van der Waals surface area contributed by atoms with Crippen molar-refractivity contribution in [2.24, 2.45) is 0 Å². The molecule has 2 heterocycles. The van der Waals surface area contributed by atoms with Crippen LogP contribution < -0.4 is 14.4 Å². The fourth-order valence-electron chi connectivity index (χ4n) is 3.21. The first-order valence-corrected chi connectivity index (χ1v) is 10.2. The van der Waals surface area contributed by atoms with Crippen LogP contribution >= 0.6 is 11.3 Å². The third-order valence-corrected chi connectivity index (χ3v) is 5.73. The maximum Gasteiger partial charge on any atom is 0.263 e. The SMILES string of the molecule is COc1ccc(OC)c2sc(N(CCCN(C)C)C(=O)c3cc(C)oc3C)nc12. The van der Waals surface area contributed by atoms with Gasteiger partial charge in [0.25, 0.3) is 5.91 Å². The van der Waals surface area contributed by atoms with Gasteiger partial charge in [-0.1, -0.05) is 11.3 Å². The Labute approximate surface area is 174 Å². The molecule has 0 aliphatic heterocycles. The Balaban J connectivity index is 2.05. The summed E-state index contributed by atoms with van der Waals surface area (Å²) in [6.45, 7) is 5.06. The number of nitrogens with zero attached hydrogens (tertiary/aromatic N) is 3. The Kier molecular flexibility index (Phi) is 6.44. The number of hydrogen-bond acceptors (Lipinski definition) is 7. The van der Waals surface area contributed by atoms with Crippen molar-refractivity contribution in [1.82, 2.24) is 9.88 Å². The largest absolute Gasteiger partial charge is 0.495 e. The van der Waals surface area contributed by atoms with E-state index < -0.39 is 0 Å². The third-order valence-electron chi connectivity index (χ3n) is 4.63. The number of amides is 1. The first-order valence-electron chi connectivity index (χ1n) is 9.40. The van der Waals surface area contributed by atoms with Gasteiger partial charge in [-0.2, -0.15) is 0 Å². The summed E-state index contributed by atoms with van der Waals surface area (Å²) in [6, 6.07) is 5.46. The van der Waals surface area contributed by atoms with E-state index in [2.05, 4.69) is 4.90 Å². The number of hydrogen-bond donors (Lipinski definition) is 0. The van der Waals surface area contributed by atoms with Gasteiger partial charge < -0.3 is 18.8 Å². The van der Waals surface area contributed by atoms with Gasteiger partial charge in [-0.3, -0.25) is 9.69 Å². The monoisotopic (exact) mass is 417 g/mol. The summed E-state index contributed by atoms with van der Waals surface area (Å²) in [5, 5.41) is 0.616. The fraction of sp³-hybridized carbons (Fsp3) is 0.429. The second kappa shape index (κ2) is 8.84. The maximum atomic E-state index is 13.4. The van der Waals surface area contributed by atoms with E-state index in [0.717, 1.165) is 17.7 Å². The molecule has 8 heteroatoms. The van der Waals surface area contributed by atoms with Gasteiger partial charge in [0.2, 0.25) is 0 Å². The molecule has 0 fully saturated rings. The van der Waals surface area contributed by atoms with Gasteiger partial charge in [0.05, 0.1) is 19.8 Å². The highest BCUT2D eigenvalue weighted by molar-refractivity contribution is 7.22. The van der Waals surface area contributed by atoms with E-state index in [1.54, 1.807) is 25.2 Å². The number of furan rings is 1. The van der Waals surface area contributed by atoms with Crippen LogP contribution in [-0.4, -0.2) is 57.2 Å². The topological polar surface area (TPSA) is 68.0 Å². The Morgan fingerprint density at radius 3 is 2.41 bits per heavy atom. The van der Waals surface area contributed by atoms with Gasteiger partial charge in [0.15, 0.2) is 5.13 Å². The molecule has 0 bridgehead atoms. The van der Waals surface area contributed by atoms with Crippen molar-refractivity contribution < 1.29 is 18.7 Å². The fourth-order valence-corrected chi connectivity index (χ4v) is 4.31. The lowest BCUT2D eigenvalue weighted by Crippen LogP contribution is -2.33. The van der Waals surface area contributed by atoms with Gasteiger partial charge in [-0.25, -0.2) is 4.98 Å². The van der Waals surface area contributed by atoms with Crippen LogP contribution in [-0.2, 0) is 0 Å². The molecule has 0 N–H and O–H groups in total. The number of fused-ring (bicyclic) bond motifs is 1. The van der Waals surface area contributed by atoms with Crippen molar-refractivity contribution in [2.75, 3.05) is 46.3 Å². The molecule has 0 atom stereocenters. The van der Waals surface area contributed by atoms with Gasteiger partial charge in [0.1, 0.15) is 33.2 Å². The molecule has 7 nitrogen and oxygen atoms in total. The van der Waals surface area contributed by atoms with Gasteiger partial charge in [-0.05, 0) is 59.1 Å². The number of benzene rings is 1. The van der Waals surface area contributed by atoms with E-state index in [9.17, 15) is 4.79 Å². The van der Waals surface area contributed by atoms with Gasteiger partial charge >= 0.3 is 0 Å². The van der Waals surface area contributed by atoms with Crippen LogP contribution in [0.4, 0.5) is 5.13 Å². The van der Waals surface area contributed by atoms with Gasteiger partial charge in [0, 0.05) is 6.54 Å². The predicted molar refractivity (Wildman–Crippen MR) is 116 cm³/mol. The highest BCUT2D eigenvalue weighted by atomic mass is 32.1. The van der Waals surface area contributed by atoms with Crippen molar-refractivity contribution in [3.63, 3.8) is 0 Å². The van der Waals surface area contributed by atoms with E-state index in [0.29, 0.717) is 45.8 Å². The van der Waals surface area contributed by atoms with E-state index in [1.165, 1.54) is 11.3 Å². The number of rotatable bonds is 8. The smallest absolute Gasteiger partial charge is 0.263 e. The van der Waals surface area contributed by atoms with Crippen molar-refractivity contribution in [3.8, 4) is 11.5 Å². The zero-order valence-electron chi connectivity index (χ0n) is 17.7. The van der Waals surface area contributed by atoms with Crippen molar-refractivity contribution in [3.05, 3.63) is 35.3 Å². The van der Waals surface area contributed by atoms with Crippen LogP contribution in [0.5, 0.6) is 11.5 Å². The molecule has 29 heavy (non-hydrogen) atoms. The highest BCUT2D eigenvalue weighted by Gasteiger charge is 2.26. The Morgan fingerprint density at radius 2 is 1.83 bits per heavy atom. The standard InChI is InChI=1S/C21H27N3O4S/c1-13-12-15(14(2)28-13)20(25)24(11-7-10-23(3)4)21-22-18-16(26-5)8-9-17(27-6)19(18)29-21/h8-9,12H,7,10-11H2,1-6H3. The molecular formula is C21H27N3O4S. The number of aromatic nitrogens is 1. The first kappa shape index (κ1) is 21.1. The summed E-state index contributed by atoms with van der Waals surface area (Å²) >= 11 is 1.43. The van der Waals surface area contributed by atoms with Crippen molar-refractivity contribution in [2.45, 2.75) is 20.3 Å². The minimum atomic E-state index is -0.116. The molecular weight excluding hydrogens is 390 g/mol. The molecule has 0 aliphatic rings. The van der Waals surface area contributed by atoms with Crippen molar-refractivity contribution >= 4 is 32.6 Å². The molecule has 1 aromatic carbocycles. The molecule has 2 aromatic heterocycles. The first-order chi connectivity index (χ1) is 13.8. The predicted octanol–water partition coefficient (Wildman–Crippen LogP) is 4.12. The molecule has 1 amide bonds. The molecule has 0 saturated carbocycles. The minimum absolute atomic E-state index is 0.116. The number of aryl methyl sites for hydroxylation is 2. The van der Waals surface area contributed by atoms with E-state index in [-0.39, 0.29) is 5.91 Å². The summed E-state index contributed by atoms with van der Waals surface area (Å²) in [4.78, 5) is 22.0. The molecule has 0 saturated heterocycles. The molecule has 156 valence electrons. The number of carbonyl (C=O) groups is 1.